The van der Waals surface area contributed by atoms with Gasteiger partial charge in [0.2, 0.25) is 0 Å². The lowest BCUT2D eigenvalue weighted by Gasteiger charge is -2.20. The van der Waals surface area contributed by atoms with Gasteiger partial charge in [0.15, 0.2) is 0 Å². The molecule has 0 saturated carbocycles. The first-order chi connectivity index (χ1) is 12.2. The van der Waals surface area contributed by atoms with Gasteiger partial charge in [0.05, 0.1) is 12.9 Å². The molecule has 2 atom stereocenters. The van der Waals surface area contributed by atoms with E-state index >= 15 is 0 Å². The maximum atomic E-state index is 12.6. The van der Waals surface area contributed by atoms with Crippen LogP contribution in [0, 0.1) is 0 Å². The minimum absolute atomic E-state index is 0.00975. The van der Waals surface area contributed by atoms with Crippen LogP contribution in [0.25, 0.3) is 5.69 Å². The van der Waals surface area contributed by atoms with Gasteiger partial charge in [-0.15, -0.1) is 0 Å². The number of benzene rings is 2. The Bertz CT molecular complexity index is 872. The summed E-state index contributed by atoms with van der Waals surface area (Å²) in [5, 5.41) is 3.10. The predicted octanol–water partition coefficient (Wildman–Crippen LogP) is 3.17. The molecule has 5 nitrogen and oxygen atoms in total. The van der Waals surface area contributed by atoms with E-state index in [1.807, 2.05) is 60.2 Å². The Labute approximate surface area is 146 Å². The summed E-state index contributed by atoms with van der Waals surface area (Å²) < 4.78 is 7.62. The fourth-order valence-electron chi connectivity index (χ4n) is 3.19. The molecule has 126 valence electrons. The molecule has 0 bridgehead atoms. The van der Waals surface area contributed by atoms with Gasteiger partial charge < -0.3 is 14.6 Å². The molecule has 0 spiro atoms. The van der Waals surface area contributed by atoms with Crippen molar-refractivity contribution in [1.29, 1.82) is 0 Å². The number of carbonyl (C=O) groups is 1. The van der Waals surface area contributed by atoms with E-state index in [0.29, 0.717) is 12.2 Å². The number of hydrogen-bond donors (Lipinski definition) is 1. The van der Waals surface area contributed by atoms with E-state index in [-0.39, 0.29) is 17.9 Å². The van der Waals surface area contributed by atoms with E-state index < -0.39 is 0 Å². The summed E-state index contributed by atoms with van der Waals surface area (Å²) in [6.07, 6.45) is 5.33. The smallest absolute Gasteiger partial charge is 0.251 e. The largest absolute Gasteiger partial charge is 0.493 e. The van der Waals surface area contributed by atoms with Crippen LogP contribution < -0.4 is 10.1 Å². The van der Waals surface area contributed by atoms with Gasteiger partial charge in [0.25, 0.3) is 5.91 Å². The summed E-state index contributed by atoms with van der Waals surface area (Å²) in [6, 6.07) is 15.5. The number of hydrogen-bond acceptors (Lipinski definition) is 3. The average molecular weight is 333 g/mol. The van der Waals surface area contributed by atoms with Crippen molar-refractivity contribution in [3.63, 3.8) is 0 Å². The third-order valence-electron chi connectivity index (χ3n) is 4.63. The zero-order chi connectivity index (χ0) is 17.2. The highest BCUT2D eigenvalue weighted by atomic mass is 16.5. The molecule has 0 unspecified atom stereocenters. The van der Waals surface area contributed by atoms with Gasteiger partial charge >= 0.3 is 0 Å². The molecule has 2 heterocycles. The number of para-hydroxylation sites is 1. The molecule has 0 fully saturated rings. The Morgan fingerprint density at radius 2 is 2.04 bits per heavy atom. The molecular weight excluding hydrogens is 314 g/mol. The minimum Gasteiger partial charge on any atom is -0.493 e. The van der Waals surface area contributed by atoms with Gasteiger partial charge in [-0.2, -0.15) is 0 Å². The van der Waals surface area contributed by atoms with E-state index in [4.69, 9.17) is 4.74 Å². The first-order valence-corrected chi connectivity index (χ1v) is 8.33. The number of rotatable bonds is 4. The molecule has 0 aliphatic carbocycles. The molecule has 1 amide bonds. The highest BCUT2D eigenvalue weighted by Crippen LogP contribution is 2.35. The van der Waals surface area contributed by atoms with Crippen LogP contribution in [0.4, 0.5) is 0 Å². The maximum Gasteiger partial charge on any atom is 0.251 e. The number of imidazole rings is 1. The van der Waals surface area contributed by atoms with Crippen LogP contribution in [0.3, 0.4) is 0 Å². The van der Waals surface area contributed by atoms with Crippen molar-refractivity contribution in [1.82, 2.24) is 14.9 Å². The van der Waals surface area contributed by atoms with Crippen molar-refractivity contribution in [3.8, 4) is 11.4 Å². The number of nitrogens with zero attached hydrogens (tertiary/aromatic N) is 2. The van der Waals surface area contributed by atoms with Crippen LogP contribution in [0.2, 0.25) is 0 Å². The van der Waals surface area contributed by atoms with Crippen molar-refractivity contribution in [2.75, 3.05) is 6.61 Å². The molecule has 1 aromatic heterocycles. The van der Waals surface area contributed by atoms with Crippen molar-refractivity contribution in [3.05, 3.63) is 78.4 Å². The number of fused-ring (bicyclic) bond motifs is 1. The molecular formula is C20H19N3O2. The fourth-order valence-corrected chi connectivity index (χ4v) is 3.19. The van der Waals surface area contributed by atoms with E-state index in [1.54, 1.807) is 12.5 Å². The fraction of sp³-hybridized carbons (Fsp3) is 0.200. The highest BCUT2D eigenvalue weighted by Gasteiger charge is 2.29. The van der Waals surface area contributed by atoms with Crippen LogP contribution >= 0.6 is 0 Å². The van der Waals surface area contributed by atoms with Gasteiger partial charge in [-0.1, -0.05) is 18.2 Å². The molecule has 5 heteroatoms. The SMILES string of the molecule is C[C@@H](NC(=O)c1ccc(-n2ccnc2)cc1)[C@@H]1COc2ccccc21. The van der Waals surface area contributed by atoms with Crippen molar-refractivity contribution in [2.45, 2.75) is 18.9 Å². The summed E-state index contributed by atoms with van der Waals surface area (Å²) >= 11 is 0. The predicted molar refractivity (Wildman–Crippen MR) is 95.2 cm³/mol. The topological polar surface area (TPSA) is 56.2 Å². The molecule has 4 rings (SSSR count). The second kappa shape index (κ2) is 6.43. The summed E-state index contributed by atoms with van der Waals surface area (Å²) in [5.74, 6) is 1.01. The zero-order valence-corrected chi connectivity index (χ0v) is 13.9. The van der Waals surface area contributed by atoms with Crippen molar-refractivity contribution in [2.24, 2.45) is 0 Å². The number of amides is 1. The Morgan fingerprint density at radius 3 is 2.80 bits per heavy atom. The quantitative estimate of drug-likeness (QED) is 0.798. The van der Waals surface area contributed by atoms with Crippen molar-refractivity contribution < 1.29 is 9.53 Å². The second-order valence-corrected chi connectivity index (χ2v) is 6.23. The molecule has 1 aliphatic heterocycles. The third-order valence-corrected chi connectivity index (χ3v) is 4.63. The standard InChI is InChI=1S/C20H19N3O2/c1-14(18-12-25-19-5-3-2-4-17(18)19)22-20(24)15-6-8-16(9-7-15)23-11-10-21-13-23/h2-11,13-14,18H,12H2,1H3,(H,22,24)/t14-,18+/m1/s1. The highest BCUT2D eigenvalue weighted by molar-refractivity contribution is 5.94. The minimum atomic E-state index is -0.0749. The number of carbonyl (C=O) groups excluding carboxylic acids is 1. The summed E-state index contributed by atoms with van der Waals surface area (Å²) in [7, 11) is 0. The molecule has 0 saturated heterocycles. The molecule has 1 N–H and O–H groups in total. The van der Waals surface area contributed by atoms with Gasteiger partial charge in [0, 0.05) is 41.2 Å². The molecule has 2 aromatic carbocycles. The Hall–Kier alpha value is -3.08. The lowest BCUT2D eigenvalue weighted by Crippen LogP contribution is -2.37. The van der Waals surface area contributed by atoms with E-state index in [0.717, 1.165) is 17.0 Å². The van der Waals surface area contributed by atoms with Gasteiger partial charge in [-0.25, -0.2) is 4.98 Å². The lowest BCUT2D eigenvalue weighted by atomic mass is 9.94. The van der Waals surface area contributed by atoms with Gasteiger partial charge in [-0.05, 0) is 37.3 Å². The summed E-state index contributed by atoms with van der Waals surface area (Å²) in [5.41, 5.74) is 2.77. The number of aromatic nitrogens is 2. The Morgan fingerprint density at radius 1 is 1.24 bits per heavy atom. The van der Waals surface area contributed by atoms with Gasteiger partial charge in [-0.3, -0.25) is 4.79 Å². The van der Waals surface area contributed by atoms with Crippen molar-refractivity contribution >= 4 is 5.91 Å². The summed E-state index contributed by atoms with van der Waals surface area (Å²) in [4.78, 5) is 16.6. The van der Waals surface area contributed by atoms with Crippen LogP contribution in [0.5, 0.6) is 5.75 Å². The van der Waals surface area contributed by atoms with Gasteiger partial charge in [0.1, 0.15) is 5.75 Å². The monoisotopic (exact) mass is 333 g/mol. The number of nitrogens with one attached hydrogen (secondary N) is 1. The lowest BCUT2D eigenvalue weighted by molar-refractivity contribution is 0.0932. The molecule has 1 aliphatic rings. The Balaban J connectivity index is 1.45. The Kier molecular flexibility index (Phi) is 3.98. The second-order valence-electron chi connectivity index (χ2n) is 6.23. The van der Waals surface area contributed by atoms with E-state index in [9.17, 15) is 4.79 Å². The van der Waals surface area contributed by atoms with E-state index in [1.165, 1.54) is 0 Å². The number of ether oxygens (including phenoxy) is 1. The average Bonchev–Trinajstić information content (AvgIpc) is 3.31. The normalized spacial score (nSPS) is 16.8. The molecule has 25 heavy (non-hydrogen) atoms. The molecule has 3 aromatic rings. The first kappa shape index (κ1) is 15.4. The van der Waals surface area contributed by atoms with Crippen LogP contribution in [-0.2, 0) is 0 Å². The van der Waals surface area contributed by atoms with E-state index in [2.05, 4.69) is 16.4 Å². The summed E-state index contributed by atoms with van der Waals surface area (Å²) in [6.45, 7) is 2.62. The van der Waals surface area contributed by atoms with Crippen LogP contribution in [-0.4, -0.2) is 28.1 Å². The zero-order valence-electron chi connectivity index (χ0n) is 13.9. The first-order valence-electron chi connectivity index (χ1n) is 8.33. The van der Waals surface area contributed by atoms with Crippen LogP contribution in [0.1, 0.15) is 28.8 Å². The van der Waals surface area contributed by atoms with Crippen LogP contribution in [0.15, 0.2) is 67.3 Å². The molecule has 0 radical (unpaired) electrons. The maximum absolute atomic E-state index is 12.6. The third kappa shape index (κ3) is 3.01.